The van der Waals surface area contributed by atoms with Crippen LogP contribution >= 0.6 is 0 Å². The maximum Gasteiger partial charge on any atom is 0.339 e. The Hall–Kier alpha value is -1.55. The zero-order valence-corrected chi connectivity index (χ0v) is 14.8. The highest BCUT2D eigenvalue weighted by Crippen LogP contribution is 2.28. The second-order valence-corrected chi connectivity index (χ2v) is 8.22. The molecule has 1 N–H and O–H groups in total. The largest absolute Gasteiger partial charge is 0.478 e. The summed E-state index contributed by atoms with van der Waals surface area (Å²) in [7, 11) is -2.11. The molecule has 25 heavy (non-hydrogen) atoms. The number of benzene rings is 1. The fourth-order valence-corrected chi connectivity index (χ4v) is 5.08. The van der Waals surface area contributed by atoms with Crippen LogP contribution in [0.25, 0.3) is 0 Å². The lowest BCUT2D eigenvalue weighted by Gasteiger charge is -2.36. The zero-order chi connectivity index (χ0) is 18.2. The van der Waals surface area contributed by atoms with Gasteiger partial charge in [-0.05, 0) is 36.5 Å². The van der Waals surface area contributed by atoms with Gasteiger partial charge in [-0.1, -0.05) is 6.07 Å². The fourth-order valence-electron chi connectivity index (χ4n) is 3.47. The van der Waals surface area contributed by atoms with Gasteiger partial charge in [0.1, 0.15) is 5.82 Å². The summed E-state index contributed by atoms with van der Waals surface area (Å²) in [6, 6.07) is 2.66. The summed E-state index contributed by atoms with van der Waals surface area (Å²) in [4.78, 5) is 11.4. The highest BCUT2D eigenvalue weighted by molar-refractivity contribution is 7.86. The number of rotatable bonds is 4. The quantitative estimate of drug-likeness (QED) is 0.859. The van der Waals surface area contributed by atoms with Crippen molar-refractivity contribution in [3.8, 4) is 0 Å². The molecule has 0 aliphatic carbocycles. The van der Waals surface area contributed by atoms with Gasteiger partial charge in [0.05, 0.1) is 11.7 Å². The highest BCUT2D eigenvalue weighted by atomic mass is 32.2. The van der Waals surface area contributed by atoms with Crippen molar-refractivity contribution in [1.29, 1.82) is 0 Å². The lowest BCUT2D eigenvalue weighted by molar-refractivity contribution is 0.0588. The molecule has 2 aliphatic rings. The van der Waals surface area contributed by atoms with Crippen molar-refractivity contribution in [3.05, 3.63) is 34.6 Å². The Balaban J connectivity index is 1.85. The van der Waals surface area contributed by atoms with E-state index in [1.54, 1.807) is 7.11 Å². The number of hydrogen-bond donors (Lipinski definition) is 1. The molecule has 7 nitrogen and oxygen atoms in total. The molecule has 9 heteroatoms. The normalized spacial score (nSPS) is 20.4. The van der Waals surface area contributed by atoms with Gasteiger partial charge in [-0.3, -0.25) is 0 Å². The number of carboxylic acids is 1. The number of hydrogen-bond acceptors (Lipinski definition) is 4. The van der Waals surface area contributed by atoms with Crippen molar-refractivity contribution in [2.45, 2.75) is 31.9 Å². The molecule has 0 atom stereocenters. The van der Waals surface area contributed by atoms with E-state index in [0.717, 1.165) is 6.07 Å². The Bertz CT molecular complexity index is 775. The molecule has 0 amide bonds. The molecule has 0 spiro atoms. The molecular formula is C16H21FN2O5S. The molecule has 138 valence electrons. The Kier molecular flexibility index (Phi) is 5.10. The lowest BCUT2D eigenvalue weighted by atomic mass is 9.95. The zero-order valence-electron chi connectivity index (χ0n) is 13.9. The summed E-state index contributed by atoms with van der Waals surface area (Å²) in [6.45, 7) is 0.851. The van der Waals surface area contributed by atoms with Crippen LogP contribution in [0.2, 0.25) is 0 Å². The predicted molar refractivity (Wildman–Crippen MR) is 88.0 cm³/mol. The van der Waals surface area contributed by atoms with Crippen LogP contribution in [0.1, 0.15) is 34.3 Å². The molecular weight excluding hydrogens is 351 g/mol. The van der Waals surface area contributed by atoms with Gasteiger partial charge in [0.25, 0.3) is 10.2 Å². The van der Waals surface area contributed by atoms with Gasteiger partial charge in [0.15, 0.2) is 0 Å². The van der Waals surface area contributed by atoms with Crippen molar-refractivity contribution >= 4 is 16.2 Å². The monoisotopic (exact) mass is 372 g/mol. The Labute approximate surface area is 146 Å². The second kappa shape index (κ2) is 6.99. The van der Waals surface area contributed by atoms with Crippen LogP contribution in [0.3, 0.4) is 0 Å². The number of aromatic carboxylic acids is 1. The van der Waals surface area contributed by atoms with Crippen LogP contribution in [0.15, 0.2) is 12.1 Å². The Morgan fingerprint density at radius 3 is 2.52 bits per heavy atom. The van der Waals surface area contributed by atoms with Gasteiger partial charge >= 0.3 is 5.97 Å². The third-order valence-electron chi connectivity index (χ3n) is 4.92. The van der Waals surface area contributed by atoms with Gasteiger partial charge in [-0.25, -0.2) is 9.18 Å². The minimum absolute atomic E-state index is 0.0567. The van der Waals surface area contributed by atoms with E-state index in [-0.39, 0.29) is 24.8 Å². The number of carbonyl (C=O) groups is 1. The average Bonchev–Trinajstić information content (AvgIpc) is 2.60. The summed E-state index contributed by atoms with van der Waals surface area (Å²) >= 11 is 0. The van der Waals surface area contributed by atoms with E-state index in [2.05, 4.69) is 0 Å². The molecule has 0 unspecified atom stereocenters. The van der Waals surface area contributed by atoms with Crippen molar-refractivity contribution in [2.75, 3.05) is 26.7 Å². The molecule has 2 heterocycles. The summed E-state index contributed by atoms with van der Waals surface area (Å²) in [5.41, 5.74) is 0.493. The highest BCUT2D eigenvalue weighted by Gasteiger charge is 2.36. The topological polar surface area (TPSA) is 87.2 Å². The molecule has 1 aromatic carbocycles. The number of ether oxygens (including phenoxy) is 1. The number of carboxylic acid groups (broad SMARTS) is 1. The molecule has 0 bridgehead atoms. The van der Waals surface area contributed by atoms with Crippen molar-refractivity contribution < 1.29 is 27.4 Å². The summed E-state index contributed by atoms with van der Waals surface area (Å²) < 4.78 is 47.6. The summed E-state index contributed by atoms with van der Waals surface area (Å²) in [5.74, 6) is -2.22. The first-order valence-electron chi connectivity index (χ1n) is 8.16. The van der Waals surface area contributed by atoms with Crippen LogP contribution in [-0.2, 0) is 27.9 Å². The van der Waals surface area contributed by atoms with Crippen LogP contribution in [0, 0.1) is 5.82 Å². The molecule has 0 radical (unpaired) electrons. The van der Waals surface area contributed by atoms with Crippen LogP contribution in [0.5, 0.6) is 0 Å². The molecule has 1 fully saturated rings. The minimum Gasteiger partial charge on any atom is -0.478 e. The Morgan fingerprint density at radius 2 is 1.92 bits per heavy atom. The van der Waals surface area contributed by atoms with Gasteiger partial charge in [0, 0.05) is 33.3 Å². The number of halogens is 1. The predicted octanol–water partition coefficient (Wildman–Crippen LogP) is 1.24. The van der Waals surface area contributed by atoms with E-state index in [9.17, 15) is 22.7 Å². The van der Waals surface area contributed by atoms with Crippen molar-refractivity contribution in [3.63, 3.8) is 0 Å². The van der Waals surface area contributed by atoms with E-state index in [1.165, 1.54) is 14.7 Å². The number of fused-ring (bicyclic) bond motifs is 1. The molecule has 1 aromatic rings. The maximum absolute atomic E-state index is 13.9. The van der Waals surface area contributed by atoms with E-state index in [0.29, 0.717) is 37.9 Å². The maximum atomic E-state index is 13.9. The SMILES string of the molecule is COC1CCN(S(=O)(=O)N2CCc3ccc(F)c(C(=O)O)c3C2)CC1. The standard InChI is InChI=1S/C16H21FN2O5S/c1-24-12-5-8-18(9-6-12)25(22,23)19-7-4-11-2-3-14(17)15(16(20)21)13(11)10-19/h2-3,12H,4-10H2,1H3,(H,20,21). The summed E-state index contributed by atoms with van der Waals surface area (Å²) in [5, 5.41) is 9.28. The smallest absolute Gasteiger partial charge is 0.339 e. The van der Waals surface area contributed by atoms with Crippen LogP contribution < -0.4 is 0 Å². The number of methoxy groups -OCH3 is 1. The second-order valence-electron chi connectivity index (χ2n) is 6.29. The van der Waals surface area contributed by atoms with E-state index in [1.807, 2.05) is 0 Å². The molecule has 3 rings (SSSR count). The summed E-state index contributed by atoms with van der Waals surface area (Å²) in [6.07, 6.45) is 1.66. The molecule has 2 aliphatic heterocycles. The lowest BCUT2D eigenvalue weighted by Crippen LogP contribution is -2.49. The molecule has 1 saturated heterocycles. The van der Waals surface area contributed by atoms with E-state index >= 15 is 0 Å². The Morgan fingerprint density at radius 1 is 1.24 bits per heavy atom. The third kappa shape index (κ3) is 3.41. The minimum atomic E-state index is -3.72. The number of nitrogens with zero attached hydrogens (tertiary/aromatic N) is 2. The van der Waals surface area contributed by atoms with Crippen molar-refractivity contribution in [2.24, 2.45) is 0 Å². The van der Waals surface area contributed by atoms with Gasteiger partial charge < -0.3 is 9.84 Å². The molecule has 0 saturated carbocycles. The third-order valence-corrected chi connectivity index (χ3v) is 6.91. The first-order valence-corrected chi connectivity index (χ1v) is 9.56. The van der Waals surface area contributed by atoms with Gasteiger partial charge in [0.2, 0.25) is 0 Å². The van der Waals surface area contributed by atoms with Crippen molar-refractivity contribution in [1.82, 2.24) is 8.61 Å². The molecule has 0 aromatic heterocycles. The fraction of sp³-hybridized carbons (Fsp3) is 0.562. The van der Waals surface area contributed by atoms with E-state index in [4.69, 9.17) is 4.74 Å². The van der Waals surface area contributed by atoms with Crippen LogP contribution in [-0.4, -0.2) is 61.0 Å². The average molecular weight is 372 g/mol. The van der Waals surface area contributed by atoms with Gasteiger partial charge in [-0.2, -0.15) is 17.0 Å². The van der Waals surface area contributed by atoms with Gasteiger partial charge in [-0.15, -0.1) is 0 Å². The van der Waals surface area contributed by atoms with Crippen LogP contribution in [0.4, 0.5) is 4.39 Å². The number of piperidine rings is 1. The first kappa shape index (κ1) is 18.2. The van der Waals surface area contributed by atoms with E-state index < -0.39 is 27.6 Å². The first-order chi connectivity index (χ1) is 11.8.